The zero-order valence-electron chi connectivity index (χ0n) is 7.28. The summed E-state index contributed by atoms with van der Waals surface area (Å²) in [7, 11) is 0. The van der Waals surface area contributed by atoms with E-state index in [-0.39, 0.29) is 12.5 Å². The summed E-state index contributed by atoms with van der Waals surface area (Å²) in [5, 5.41) is 2.25. The molecule has 2 radical (unpaired) electrons. The van der Waals surface area contributed by atoms with E-state index in [0.717, 1.165) is 0 Å². The molecule has 5 heteroatoms. The number of nitrogens with zero attached hydrogens (tertiary/aromatic N) is 1. The molecule has 1 aliphatic heterocycles. The molecule has 1 rings (SSSR count). The predicted octanol–water partition coefficient (Wildman–Crippen LogP) is -1.33. The van der Waals surface area contributed by atoms with E-state index in [1.807, 2.05) is 0 Å². The fraction of sp³-hybridized carbons (Fsp3) is 0.625. The van der Waals surface area contributed by atoms with E-state index in [9.17, 15) is 9.59 Å². The summed E-state index contributed by atoms with van der Waals surface area (Å²) in [6, 6.07) is 0. The monoisotopic (exact) mass is 184 g/mol. The van der Waals surface area contributed by atoms with Crippen LogP contribution in [0.25, 0.3) is 0 Å². The average molecular weight is 184 g/mol. The molecule has 1 fully saturated rings. The number of ether oxygens (including phenoxy) is 1. The van der Waals surface area contributed by atoms with Crippen LogP contribution in [0.4, 0.5) is 0 Å². The second-order valence-corrected chi connectivity index (χ2v) is 2.71. The van der Waals surface area contributed by atoms with E-state index in [4.69, 9.17) is 11.7 Å². The molecule has 0 unspecified atom stereocenters. The van der Waals surface area contributed by atoms with Crippen molar-refractivity contribution in [1.29, 1.82) is 0 Å². The van der Waals surface area contributed by atoms with Gasteiger partial charge in [0.15, 0.2) is 0 Å². The Balaban J connectivity index is 2.25. The molecule has 13 heavy (non-hydrogen) atoms. The second-order valence-electron chi connectivity index (χ2n) is 2.71. The summed E-state index contributed by atoms with van der Waals surface area (Å²) in [5.74, 6) is -0.802. The second kappa shape index (κ2) is 4.81. The normalized spacial score (nSPS) is 16.8. The fourth-order valence-electron chi connectivity index (χ4n) is 1.09. The Kier molecular flexibility index (Phi) is 3.70. The minimum absolute atomic E-state index is 0.0324. The van der Waals surface area contributed by atoms with Gasteiger partial charge in [-0.2, -0.15) is 0 Å². The first kappa shape index (κ1) is 9.98. The lowest BCUT2D eigenvalue weighted by Gasteiger charge is -2.26. The van der Waals surface area contributed by atoms with E-state index >= 15 is 0 Å². The maximum atomic E-state index is 11.3. The van der Waals surface area contributed by atoms with Crippen LogP contribution in [0.1, 0.15) is 0 Å². The summed E-state index contributed by atoms with van der Waals surface area (Å²) in [6.07, 6.45) is 0. The van der Waals surface area contributed by atoms with E-state index < -0.39 is 5.91 Å². The maximum absolute atomic E-state index is 11.3. The third-order valence-electron chi connectivity index (χ3n) is 1.78. The summed E-state index contributed by atoms with van der Waals surface area (Å²) in [5.41, 5.74) is 0. The van der Waals surface area contributed by atoms with E-state index in [0.29, 0.717) is 26.3 Å². The van der Waals surface area contributed by atoms with Crippen molar-refractivity contribution in [3.05, 3.63) is 6.92 Å². The number of amides is 2. The highest BCUT2D eigenvalue weighted by Gasteiger charge is 2.16. The minimum Gasteiger partial charge on any atom is -0.378 e. The van der Waals surface area contributed by atoms with Crippen LogP contribution in [-0.4, -0.2) is 49.6 Å². The van der Waals surface area contributed by atoms with Crippen LogP contribution in [0.3, 0.4) is 0 Å². The smallest absolute Gasteiger partial charge is 0.242 e. The molecule has 1 heterocycles. The third kappa shape index (κ3) is 3.42. The molecule has 1 N–H and O–H groups in total. The molecule has 0 bridgehead atoms. The van der Waals surface area contributed by atoms with Gasteiger partial charge >= 0.3 is 0 Å². The van der Waals surface area contributed by atoms with Crippen LogP contribution in [-0.2, 0) is 14.3 Å². The van der Waals surface area contributed by atoms with Crippen molar-refractivity contribution in [2.45, 2.75) is 0 Å². The predicted molar refractivity (Wildman–Crippen MR) is 44.7 cm³/mol. The van der Waals surface area contributed by atoms with Gasteiger partial charge in [0.2, 0.25) is 11.8 Å². The standard InChI is InChI=1S/C8H12N2O3/c1-7(11)9-6-8(12)10-2-4-13-5-3-10/h1H,2-6H2,(H,9,11). The van der Waals surface area contributed by atoms with Gasteiger partial charge < -0.3 is 15.0 Å². The Bertz CT molecular complexity index is 200. The van der Waals surface area contributed by atoms with Gasteiger partial charge in [-0.05, 0) is 0 Å². The summed E-state index contributed by atoms with van der Waals surface area (Å²) in [6.45, 7) is 7.07. The molecular weight excluding hydrogens is 172 g/mol. The van der Waals surface area contributed by atoms with Gasteiger partial charge in [-0.25, -0.2) is 0 Å². The van der Waals surface area contributed by atoms with Crippen LogP contribution in [0.15, 0.2) is 0 Å². The molecular formula is C8H12N2O3. The lowest BCUT2D eigenvalue weighted by molar-refractivity contribution is -0.135. The first-order valence-corrected chi connectivity index (χ1v) is 4.09. The largest absolute Gasteiger partial charge is 0.378 e. The summed E-state index contributed by atoms with van der Waals surface area (Å²) >= 11 is 0. The van der Waals surface area contributed by atoms with Crippen molar-refractivity contribution >= 4 is 11.8 Å². The Morgan fingerprint density at radius 1 is 1.38 bits per heavy atom. The van der Waals surface area contributed by atoms with E-state index in [1.54, 1.807) is 4.90 Å². The first-order valence-electron chi connectivity index (χ1n) is 4.09. The van der Waals surface area contributed by atoms with Crippen LogP contribution in [0.5, 0.6) is 0 Å². The Morgan fingerprint density at radius 2 is 2.00 bits per heavy atom. The van der Waals surface area contributed by atoms with Crippen LogP contribution >= 0.6 is 0 Å². The Morgan fingerprint density at radius 3 is 2.54 bits per heavy atom. The molecule has 0 aliphatic carbocycles. The highest BCUT2D eigenvalue weighted by Crippen LogP contribution is 1.96. The van der Waals surface area contributed by atoms with Crippen molar-refractivity contribution < 1.29 is 14.3 Å². The number of carbonyl (C=O) groups is 2. The van der Waals surface area contributed by atoms with Crippen molar-refractivity contribution in [1.82, 2.24) is 10.2 Å². The van der Waals surface area contributed by atoms with Crippen LogP contribution in [0.2, 0.25) is 0 Å². The quantitative estimate of drug-likeness (QED) is 0.578. The fourth-order valence-corrected chi connectivity index (χ4v) is 1.09. The molecule has 1 aliphatic rings. The molecule has 72 valence electrons. The number of hydrogen-bond donors (Lipinski definition) is 1. The number of nitrogens with one attached hydrogen (secondary N) is 1. The first-order chi connectivity index (χ1) is 6.20. The maximum Gasteiger partial charge on any atom is 0.242 e. The van der Waals surface area contributed by atoms with Gasteiger partial charge in [-0.15, -0.1) is 0 Å². The molecule has 2 amide bonds. The number of carbonyl (C=O) groups excluding carboxylic acids is 2. The molecule has 0 aromatic rings. The van der Waals surface area contributed by atoms with Crippen molar-refractivity contribution in [3.8, 4) is 0 Å². The van der Waals surface area contributed by atoms with Gasteiger partial charge in [-0.3, -0.25) is 9.59 Å². The molecule has 1 saturated heterocycles. The van der Waals surface area contributed by atoms with Gasteiger partial charge in [0.25, 0.3) is 0 Å². The van der Waals surface area contributed by atoms with Crippen LogP contribution < -0.4 is 5.32 Å². The van der Waals surface area contributed by atoms with Crippen LogP contribution in [0, 0.1) is 6.92 Å². The average Bonchev–Trinajstić information content (AvgIpc) is 2.15. The zero-order valence-corrected chi connectivity index (χ0v) is 7.28. The molecule has 0 aromatic carbocycles. The number of rotatable bonds is 2. The van der Waals surface area contributed by atoms with Gasteiger partial charge in [0.1, 0.15) is 0 Å². The summed E-state index contributed by atoms with van der Waals surface area (Å²) in [4.78, 5) is 23.2. The molecule has 0 spiro atoms. The SMILES string of the molecule is [CH]C(=O)NCC(=O)N1CCOCC1. The molecule has 0 saturated carbocycles. The molecule has 0 aromatic heterocycles. The van der Waals surface area contributed by atoms with Gasteiger partial charge in [-0.1, -0.05) is 0 Å². The Hall–Kier alpha value is -1.10. The lowest BCUT2D eigenvalue weighted by Crippen LogP contribution is -2.45. The minimum atomic E-state index is -0.679. The third-order valence-corrected chi connectivity index (χ3v) is 1.78. The lowest BCUT2D eigenvalue weighted by atomic mass is 10.4. The zero-order chi connectivity index (χ0) is 9.68. The molecule has 0 atom stereocenters. The Labute approximate surface area is 77.0 Å². The van der Waals surface area contributed by atoms with Crippen molar-refractivity contribution in [2.75, 3.05) is 32.8 Å². The highest BCUT2D eigenvalue weighted by molar-refractivity contribution is 5.86. The number of hydrogen-bond acceptors (Lipinski definition) is 3. The topological polar surface area (TPSA) is 58.6 Å². The highest BCUT2D eigenvalue weighted by atomic mass is 16.5. The van der Waals surface area contributed by atoms with Gasteiger partial charge in [0, 0.05) is 13.1 Å². The van der Waals surface area contributed by atoms with E-state index in [1.165, 1.54) is 0 Å². The van der Waals surface area contributed by atoms with Crippen molar-refractivity contribution in [2.24, 2.45) is 0 Å². The van der Waals surface area contributed by atoms with Gasteiger partial charge in [0.05, 0.1) is 26.7 Å². The van der Waals surface area contributed by atoms with Crippen molar-refractivity contribution in [3.63, 3.8) is 0 Å². The van der Waals surface area contributed by atoms with E-state index in [2.05, 4.69) is 5.32 Å². The molecule has 5 nitrogen and oxygen atoms in total. The summed E-state index contributed by atoms with van der Waals surface area (Å²) < 4.78 is 5.07. The number of morpholine rings is 1.